The molecule has 1 aromatic carbocycles. The maximum Gasteiger partial charge on any atom is 0.252 e. The van der Waals surface area contributed by atoms with Crippen molar-refractivity contribution in [3.05, 3.63) is 31.8 Å². The molecular weight excluding hydrogens is 385 g/mol. The number of hydrogen-bond donors (Lipinski definition) is 1. The molecule has 0 aromatic heterocycles. The first kappa shape index (κ1) is 12.3. The van der Waals surface area contributed by atoms with E-state index in [0.29, 0.717) is 12.2 Å². The summed E-state index contributed by atoms with van der Waals surface area (Å²) in [5.41, 5.74) is 0.679. The van der Waals surface area contributed by atoms with Crippen LogP contribution in [0.15, 0.2) is 22.7 Å². The highest BCUT2D eigenvalue weighted by atomic mass is 127. The van der Waals surface area contributed by atoms with Gasteiger partial charge >= 0.3 is 0 Å². The Balaban J connectivity index is 2.10. The minimum Gasteiger partial charge on any atom is -0.379 e. The van der Waals surface area contributed by atoms with Gasteiger partial charge in [0.15, 0.2) is 0 Å². The van der Waals surface area contributed by atoms with Crippen LogP contribution in [-0.4, -0.2) is 25.2 Å². The number of carbonyl (C=O) groups excluding carboxylic acids is 1. The average Bonchev–Trinajstić information content (AvgIpc) is 2.74. The minimum atomic E-state index is -0.0408. The lowest BCUT2D eigenvalue weighted by Crippen LogP contribution is -2.35. The number of halogens is 2. The maximum atomic E-state index is 12.0. The van der Waals surface area contributed by atoms with E-state index in [0.717, 1.165) is 21.1 Å². The first-order chi connectivity index (χ1) is 7.66. The van der Waals surface area contributed by atoms with Gasteiger partial charge in [-0.05, 0) is 63.1 Å². The summed E-state index contributed by atoms with van der Waals surface area (Å²) in [7, 11) is 0. The predicted molar refractivity (Wildman–Crippen MR) is 73.5 cm³/mol. The Bertz CT molecular complexity index is 405. The van der Waals surface area contributed by atoms with Gasteiger partial charge in [-0.25, -0.2) is 0 Å². The van der Waals surface area contributed by atoms with E-state index >= 15 is 0 Å². The van der Waals surface area contributed by atoms with Crippen LogP contribution in [0.1, 0.15) is 16.8 Å². The Labute approximate surface area is 116 Å². The molecule has 1 amide bonds. The summed E-state index contributed by atoms with van der Waals surface area (Å²) in [5.74, 6) is -0.0408. The SMILES string of the molecule is O=C(NC1CCOC1)c1cc(I)ccc1Br. The highest BCUT2D eigenvalue weighted by molar-refractivity contribution is 14.1. The van der Waals surface area contributed by atoms with Gasteiger partial charge in [-0.15, -0.1) is 0 Å². The molecule has 0 spiro atoms. The Kier molecular flexibility index (Phi) is 4.21. The molecular formula is C11H11BrINO2. The summed E-state index contributed by atoms with van der Waals surface area (Å²) in [4.78, 5) is 12.0. The number of nitrogens with one attached hydrogen (secondary N) is 1. The quantitative estimate of drug-likeness (QED) is 0.781. The molecule has 1 fully saturated rings. The molecule has 0 aliphatic carbocycles. The number of amides is 1. The van der Waals surface area contributed by atoms with Crippen LogP contribution in [0.4, 0.5) is 0 Å². The molecule has 2 rings (SSSR count). The summed E-state index contributed by atoms with van der Waals surface area (Å²) in [6.45, 7) is 1.35. The van der Waals surface area contributed by atoms with Crippen LogP contribution in [0.25, 0.3) is 0 Å². The summed E-state index contributed by atoms with van der Waals surface area (Å²) < 4.78 is 7.09. The van der Waals surface area contributed by atoms with Gasteiger partial charge in [0, 0.05) is 14.6 Å². The van der Waals surface area contributed by atoms with Crippen molar-refractivity contribution in [1.29, 1.82) is 0 Å². The first-order valence-electron chi connectivity index (χ1n) is 5.00. The number of hydrogen-bond acceptors (Lipinski definition) is 2. The van der Waals surface area contributed by atoms with Crippen LogP contribution in [0.3, 0.4) is 0 Å². The Morgan fingerprint density at radius 2 is 2.38 bits per heavy atom. The Hall–Kier alpha value is -0.140. The molecule has 1 aliphatic heterocycles. The zero-order chi connectivity index (χ0) is 11.5. The molecule has 1 atom stereocenters. The molecule has 0 radical (unpaired) electrons. The van der Waals surface area contributed by atoms with Gasteiger partial charge in [-0.3, -0.25) is 4.79 Å². The monoisotopic (exact) mass is 395 g/mol. The average molecular weight is 396 g/mol. The van der Waals surface area contributed by atoms with Crippen LogP contribution < -0.4 is 5.32 Å². The second kappa shape index (κ2) is 5.46. The molecule has 0 bridgehead atoms. The van der Waals surface area contributed by atoms with Crippen molar-refractivity contribution in [1.82, 2.24) is 5.32 Å². The molecule has 1 unspecified atom stereocenters. The molecule has 1 aliphatic rings. The molecule has 1 saturated heterocycles. The van der Waals surface area contributed by atoms with E-state index in [1.165, 1.54) is 0 Å². The molecule has 16 heavy (non-hydrogen) atoms. The number of ether oxygens (including phenoxy) is 1. The van der Waals surface area contributed by atoms with E-state index in [1.54, 1.807) is 0 Å². The van der Waals surface area contributed by atoms with E-state index in [4.69, 9.17) is 4.74 Å². The van der Waals surface area contributed by atoms with Crippen molar-refractivity contribution in [3.63, 3.8) is 0 Å². The number of rotatable bonds is 2. The summed E-state index contributed by atoms with van der Waals surface area (Å²) >= 11 is 5.58. The smallest absolute Gasteiger partial charge is 0.252 e. The third-order valence-electron chi connectivity index (χ3n) is 2.44. The Morgan fingerprint density at radius 3 is 3.06 bits per heavy atom. The van der Waals surface area contributed by atoms with Gasteiger partial charge in [0.1, 0.15) is 0 Å². The highest BCUT2D eigenvalue weighted by Gasteiger charge is 2.19. The van der Waals surface area contributed by atoms with E-state index in [9.17, 15) is 4.79 Å². The topological polar surface area (TPSA) is 38.3 Å². The van der Waals surface area contributed by atoms with Crippen LogP contribution >= 0.6 is 38.5 Å². The van der Waals surface area contributed by atoms with E-state index in [-0.39, 0.29) is 11.9 Å². The first-order valence-corrected chi connectivity index (χ1v) is 6.87. The van der Waals surface area contributed by atoms with Gasteiger partial charge in [0.2, 0.25) is 0 Å². The van der Waals surface area contributed by atoms with Crippen LogP contribution in [0.2, 0.25) is 0 Å². The van der Waals surface area contributed by atoms with Crippen molar-refractivity contribution < 1.29 is 9.53 Å². The lowest BCUT2D eigenvalue weighted by atomic mass is 10.2. The molecule has 86 valence electrons. The zero-order valence-electron chi connectivity index (χ0n) is 8.50. The van der Waals surface area contributed by atoms with Crippen LogP contribution in [0, 0.1) is 3.57 Å². The predicted octanol–water partition coefficient (Wildman–Crippen LogP) is 2.57. The lowest BCUT2D eigenvalue weighted by molar-refractivity contribution is 0.0929. The highest BCUT2D eigenvalue weighted by Crippen LogP contribution is 2.19. The summed E-state index contributed by atoms with van der Waals surface area (Å²) in [6, 6.07) is 5.87. The molecule has 5 heteroatoms. The molecule has 3 nitrogen and oxygen atoms in total. The van der Waals surface area contributed by atoms with Crippen molar-refractivity contribution in [2.45, 2.75) is 12.5 Å². The number of benzene rings is 1. The Morgan fingerprint density at radius 1 is 1.56 bits per heavy atom. The van der Waals surface area contributed by atoms with E-state index in [2.05, 4.69) is 43.8 Å². The fraction of sp³-hybridized carbons (Fsp3) is 0.364. The third-order valence-corrected chi connectivity index (χ3v) is 3.80. The molecule has 1 aromatic rings. The number of carbonyl (C=O) groups is 1. The molecule has 0 saturated carbocycles. The van der Waals surface area contributed by atoms with Gasteiger partial charge in [-0.2, -0.15) is 0 Å². The fourth-order valence-corrected chi connectivity index (χ4v) is 2.50. The standard InChI is InChI=1S/C11H11BrINO2/c12-10-2-1-7(13)5-9(10)11(15)14-8-3-4-16-6-8/h1-2,5,8H,3-4,6H2,(H,14,15). The maximum absolute atomic E-state index is 12.0. The van der Waals surface area contributed by atoms with Crippen molar-refractivity contribution >= 4 is 44.4 Å². The van der Waals surface area contributed by atoms with Gasteiger partial charge in [0.05, 0.1) is 18.2 Å². The third kappa shape index (κ3) is 2.95. The van der Waals surface area contributed by atoms with Gasteiger partial charge < -0.3 is 10.1 Å². The summed E-state index contributed by atoms with van der Waals surface area (Å²) in [6.07, 6.45) is 0.896. The van der Waals surface area contributed by atoms with Crippen molar-refractivity contribution in [2.24, 2.45) is 0 Å². The van der Waals surface area contributed by atoms with Gasteiger partial charge in [-0.1, -0.05) is 0 Å². The van der Waals surface area contributed by atoms with Crippen LogP contribution in [0.5, 0.6) is 0 Å². The molecule has 1 heterocycles. The zero-order valence-corrected chi connectivity index (χ0v) is 12.2. The van der Waals surface area contributed by atoms with Crippen molar-refractivity contribution in [3.8, 4) is 0 Å². The second-order valence-corrected chi connectivity index (χ2v) is 5.76. The fourth-order valence-electron chi connectivity index (χ4n) is 1.58. The summed E-state index contributed by atoms with van der Waals surface area (Å²) in [5, 5.41) is 2.97. The second-order valence-electron chi connectivity index (χ2n) is 3.66. The molecule has 1 N–H and O–H groups in total. The van der Waals surface area contributed by atoms with Crippen molar-refractivity contribution in [2.75, 3.05) is 13.2 Å². The van der Waals surface area contributed by atoms with Gasteiger partial charge in [0.25, 0.3) is 5.91 Å². The largest absolute Gasteiger partial charge is 0.379 e. The normalized spacial score (nSPS) is 19.8. The minimum absolute atomic E-state index is 0.0408. The van der Waals surface area contributed by atoms with E-state index in [1.807, 2.05) is 18.2 Å². The van der Waals surface area contributed by atoms with E-state index < -0.39 is 0 Å². The lowest BCUT2D eigenvalue weighted by Gasteiger charge is -2.11. The van der Waals surface area contributed by atoms with Crippen LogP contribution in [-0.2, 0) is 4.74 Å².